The molecule has 0 bridgehead atoms. The van der Waals surface area contributed by atoms with Gasteiger partial charge in [0.15, 0.2) is 5.58 Å². The Balaban J connectivity index is 1.25. The highest BCUT2D eigenvalue weighted by Gasteiger charge is 2.12. The van der Waals surface area contributed by atoms with Crippen molar-refractivity contribution in [3.05, 3.63) is 72.1 Å². The van der Waals surface area contributed by atoms with Gasteiger partial charge >= 0.3 is 0 Å². The van der Waals surface area contributed by atoms with Gasteiger partial charge in [-0.05, 0) is 68.2 Å². The number of carbonyl (C=O) groups excluding carboxylic acids is 1. The number of nitrogens with zero attached hydrogens (tertiary/aromatic N) is 3. The molecule has 1 fully saturated rings. The lowest BCUT2D eigenvalue weighted by atomic mass is 10.1. The van der Waals surface area contributed by atoms with Gasteiger partial charge < -0.3 is 24.7 Å². The van der Waals surface area contributed by atoms with E-state index in [0.717, 1.165) is 24.2 Å². The van der Waals surface area contributed by atoms with E-state index >= 15 is 0 Å². The Kier molecular flexibility index (Phi) is 6.90. The van der Waals surface area contributed by atoms with Crippen LogP contribution in [0.5, 0.6) is 11.5 Å². The van der Waals surface area contributed by atoms with Crippen molar-refractivity contribution < 1.29 is 13.9 Å². The first-order chi connectivity index (χ1) is 17.2. The first kappa shape index (κ1) is 22.9. The van der Waals surface area contributed by atoms with Crippen LogP contribution < -0.4 is 15.4 Å². The van der Waals surface area contributed by atoms with Gasteiger partial charge in [-0.25, -0.2) is 0 Å². The summed E-state index contributed by atoms with van der Waals surface area (Å²) in [5.41, 5.74) is 3.85. The van der Waals surface area contributed by atoms with Crippen molar-refractivity contribution >= 4 is 28.7 Å². The Morgan fingerprint density at radius 3 is 2.77 bits per heavy atom. The Bertz CT molecular complexity index is 1310. The number of pyridine rings is 1. The van der Waals surface area contributed by atoms with Gasteiger partial charge in [-0.2, -0.15) is 4.98 Å². The van der Waals surface area contributed by atoms with Crippen LogP contribution in [0.25, 0.3) is 11.1 Å². The highest BCUT2D eigenvalue weighted by Crippen LogP contribution is 2.29. The quantitative estimate of drug-likeness (QED) is 0.367. The number of ether oxygens (including phenoxy) is 1. The van der Waals surface area contributed by atoms with Crippen molar-refractivity contribution in [3.8, 4) is 11.5 Å². The minimum Gasteiger partial charge on any atom is -0.457 e. The van der Waals surface area contributed by atoms with Crippen LogP contribution in [0.1, 0.15) is 35.3 Å². The fourth-order valence-corrected chi connectivity index (χ4v) is 4.28. The molecule has 1 aliphatic rings. The van der Waals surface area contributed by atoms with E-state index in [9.17, 15) is 4.79 Å². The molecule has 1 saturated heterocycles. The largest absolute Gasteiger partial charge is 0.457 e. The van der Waals surface area contributed by atoms with Crippen molar-refractivity contribution in [3.63, 3.8) is 0 Å². The van der Waals surface area contributed by atoms with Crippen molar-refractivity contribution in [2.75, 3.05) is 32.0 Å². The third kappa shape index (κ3) is 5.78. The molecular formula is C27H29N5O3. The van der Waals surface area contributed by atoms with Crippen LogP contribution in [0.2, 0.25) is 0 Å². The van der Waals surface area contributed by atoms with E-state index < -0.39 is 0 Å². The zero-order valence-corrected chi connectivity index (χ0v) is 19.8. The van der Waals surface area contributed by atoms with Crippen molar-refractivity contribution in [2.45, 2.75) is 25.7 Å². The summed E-state index contributed by atoms with van der Waals surface area (Å²) in [4.78, 5) is 23.0. The number of carbonyl (C=O) groups is 1. The fourth-order valence-electron chi connectivity index (χ4n) is 4.28. The SMILES string of the molecule is CNC(=O)c1cc(Oc2ccc3nc(Nc4cccc(CCN5CCCCC5)c4)oc3c2)ccn1. The van der Waals surface area contributed by atoms with E-state index in [0.29, 0.717) is 23.1 Å². The highest BCUT2D eigenvalue weighted by atomic mass is 16.5. The molecule has 4 aromatic rings. The van der Waals surface area contributed by atoms with Gasteiger partial charge in [0.2, 0.25) is 0 Å². The predicted octanol–water partition coefficient (Wildman–Crippen LogP) is 5.15. The van der Waals surface area contributed by atoms with E-state index in [1.54, 1.807) is 25.2 Å². The van der Waals surface area contributed by atoms with Gasteiger partial charge in [-0.15, -0.1) is 0 Å². The summed E-state index contributed by atoms with van der Waals surface area (Å²) < 4.78 is 11.8. The lowest BCUT2D eigenvalue weighted by Crippen LogP contribution is -2.31. The second-order valence-corrected chi connectivity index (χ2v) is 8.68. The highest BCUT2D eigenvalue weighted by molar-refractivity contribution is 5.92. The summed E-state index contributed by atoms with van der Waals surface area (Å²) in [7, 11) is 1.56. The number of hydrogen-bond acceptors (Lipinski definition) is 7. The molecule has 3 heterocycles. The minimum atomic E-state index is -0.271. The molecule has 0 unspecified atom stereocenters. The van der Waals surface area contributed by atoms with Crippen LogP contribution in [-0.2, 0) is 6.42 Å². The lowest BCUT2D eigenvalue weighted by Gasteiger charge is -2.26. The molecule has 1 aliphatic heterocycles. The molecule has 2 aromatic carbocycles. The molecule has 8 nitrogen and oxygen atoms in total. The van der Waals surface area contributed by atoms with E-state index in [-0.39, 0.29) is 11.6 Å². The second-order valence-electron chi connectivity index (χ2n) is 8.68. The summed E-state index contributed by atoms with van der Waals surface area (Å²) in [5.74, 6) is 0.818. The number of amides is 1. The molecule has 2 aromatic heterocycles. The summed E-state index contributed by atoms with van der Waals surface area (Å²) in [5, 5.41) is 5.84. The summed E-state index contributed by atoms with van der Waals surface area (Å²) in [6.45, 7) is 3.52. The number of oxazole rings is 1. The number of piperidine rings is 1. The smallest absolute Gasteiger partial charge is 0.300 e. The van der Waals surface area contributed by atoms with Crippen LogP contribution in [0, 0.1) is 0 Å². The van der Waals surface area contributed by atoms with E-state index in [1.165, 1.54) is 44.1 Å². The topological polar surface area (TPSA) is 92.5 Å². The monoisotopic (exact) mass is 471 g/mol. The maximum absolute atomic E-state index is 11.8. The van der Waals surface area contributed by atoms with Crippen molar-refractivity contribution in [1.82, 2.24) is 20.2 Å². The maximum atomic E-state index is 11.8. The molecular weight excluding hydrogens is 442 g/mol. The van der Waals surface area contributed by atoms with Crippen molar-refractivity contribution in [1.29, 1.82) is 0 Å². The number of likely N-dealkylation sites (tertiary alicyclic amines) is 1. The number of nitrogens with one attached hydrogen (secondary N) is 2. The zero-order valence-electron chi connectivity index (χ0n) is 19.8. The first-order valence-electron chi connectivity index (χ1n) is 12.0. The molecule has 180 valence electrons. The molecule has 0 aliphatic carbocycles. The van der Waals surface area contributed by atoms with E-state index in [4.69, 9.17) is 9.15 Å². The van der Waals surface area contributed by atoms with Crippen LogP contribution in [-0.4, -0.2) is 47.5 Å². The Hall–Kier alpha value is -3.91. The molecule has 0 atom stereocenters. The number of aromatic nitrogens is 2. The normalized spacial score (nSPS) is 14.1. The number of fused-ring (bicyclic) bond motifs is 1. The predicted molar refractivity (Wildman–Crippen MR) is 135 cm³/mol. The maximum Gasteiger partial charge on any atom is 0.300 e. The average molecular weight is 472 g/mol. The van der Waals surface area contributed by atoms with Crippen LogP contribution >= 0.6 is 0 Å². The molecule has 5 rings (SSSR count). The number of rotatable bonds is 8. The van der Waals surface area contributed by atoms with Crippen molar-refractivity contribution in [2.24, 2.45) is 0 Å². The Morgan fingerprint density at radius 1 is 1.06 bits per heavy atom. The van der Waals surface area contributed by atoms with Gasteiger partial charge in [0, 0.05) is 37.6 Å². The van der Waals surface area contributed by atoms with Gasteiger partial charge in [-0.3, -0.25) is 9.78 Å². The summed E-state index contributed by atoms with van der Waals surface area (Å²) in [6.07, 6.45) is 6.55. The molecule has 1 amide bonds. The minimum absolute atomic E-state index is 0.271. The second kappa shape index (κ2) is 10.6. The molecule has 8 heteroatoms. The Morgan fingerprint density at radius 2 is 1.91 bits per heavy atom. The summed E-state index contributed by atoms with van der Waals surface area (Å²) >= 11 is 0. The van der Waals surface area contributed by atoms with Crippen LogP contribution in [0.4, 0.5) is 11.7 Å². The summed E-state index contributed by atoms with van der Waals surface area (Å²) in [6, 6.07) is 17.5. The first-order valence-corrected chi connectivity index (χ1v) is 12.0. The standard InChI is InChI=1S/C27H29N5O3/c1-28-26(33)24-17-22(10-12-29-24)34-21-8-9-23-25(18-21)35-27(31-23)30-20-7-5-6-19(16-20)11-15-32-13-3-2-4-14-32/h5-10,12,16-18H,2-4,11,13-15H2,1H3,(H,28,33)(H,30,31). The Labute approximate surface area is 204 Å². The third-order valence-electron chi connectivity index (χ3n) is 6.13. The fraction of sp³-hybridized carbons (Fsp3) is 0.296. The molecule has 0 radical (unpaired) electrons. The van der Waals surface area contributed by atoms with Crippen LogP contribution in [0.15, 0.2) is 65.2 Å². The molecule has 0 spiro atoms. The lowest BCUT2D eigenvalue weighted by molar-refractivity contribution is 0.0958. The van der Waals surface area contributed by atoms with Gasteiger partial charge in [0.1, 0.15) is 22.7 Å². The third-order valence-corrected chi connectivity index (χ3v) is 6.13. The van der Waals surface area contributed by atoms with Gasteiger partial charge in [0.25, 0.3) is 11.9 Å². The van der Waals surface area contributed by atoms with Crippen LogP contribution in [0.3, 0.4) is 0 Å². The zero-order chi connectivity index (χ0) is 24.0. The number of anilines is 2. The van der Waals surface area contributed by atoms with E-state index in [1.807, 2.05) is 18.2 Å². The average Bonchev–Trinajstić information content (AvgIpc) is 3.29. The number of benzene rings is 2. The molecule has 35 heavy (non-hydrogen) atoms. The van der Waals surface area contributed by atoms with Gasteiger partial charge in [0.05, 0.1) is 0 Å². The number of hydrogen-bond donors (Lipinski definition) is 2. The van der Waals surface area contributed by atoms with Gasteiger partial charge in [-0.1, -0.05) is 18.6 Å². The molecule has 2 N–H and O–H groups in total. The molecule has 0 saturated carbocycles. The van der Waals surface area contributed by atoms with E-state index in [2.05, 4.69) is 43.7 Å².